The first-order chi connectivity index (χ1) is 9.44. The number of nitro benzene ring substituents is 1. The van der Waals surface area contributed by atoms with E-state index in [0.29, 0.717) is 0 Å². The first-order valence-corrected chi connectivity index (χ1v) is 7.55. The van der Waals surface area contributed by atoms with E-state index in [4.69, 9.17) is 0 Å². The lowest BCUT2D eigenvalue weighted by molar-refractivity contribution is -0.385. The van der Waals surface area contributed by atoms with Crippen LogP contribution >= 0.6 is 11.3 Å². The molecule has 11 heteroatoms. The van der Waals surface area contributed by atoms with Crippen LogP contribution in [-0.4, -0.2) is 30.6 Å². The van der Waals surface area contributed by atoms with Gasteiger partial charge in [-0.05, 0) is 6.07 Å². The quantitative estimate of drug-likeness (QED) is 0.628. The molecule has 2 N–H and O–H groups in total. The smallest absolute Gasteiger partial charge is 0.270 e. The Morgan fingerprint density at radius 3 is 2.70 bits per heavy atom. The number of non-ortho nitro benzene ring substituents is 1. The van der Waals surface area contributed by atoms with Crippen LogP contribution in [0.4, 0.5) is 16.5 Å². The van der Waals surface area contributed by atoms with Crippen LogP contribution in [0.3, 0.4) is 0 Å². The fourth-order valence-corrected chi connectivity index (χ4v) is 3.37. The van der Waals surface area contributed by atoms with E-state index < -0.39 is 14.9 Å². The minimum atomic E-state index is -3.99. The number of hydrogen-bond donors (Lipinski definition) is 2. The summed E-state index contributed by atoms with van der Waals surface area (Å²) >= 11 is 1.00. The fraction of sp³-hybridized carbons (Fsp3) is 0.111. The summed E-state index contributed by atoms with van der Waals surface area (Å²) in [7, 11) is -2.47. The molecule has 0 aliphatic rings. The van der Waals surface area contributed by atoms with Crippen molar-refractivity contribution in [1.82, 2.24) is 10.2 Å². The van der Waals surface area contributed by atoms with Gasteiger partial charge in [-0.1, -0.05) is 11.3 Å². The summed E-state index contributed by atoms with van der Waals surface area (Å²) in [6, 6.07) is 3.53. The van der Waals surface area contributed by atoms with Crippen molar-refractivity contribution < 1.29 is 13.3 Å². The zero-order chi connectivity index (χ0) is 14.8. The van der Waals surface area contributed by atoms with Crippen molar-refractivity contribution in [2.24, 2.45) is 0 Å². The van der Waals surface area contributed by atoms with E-state index >= 15 is 0 Å². The number of sulfonamides is 1. The van der Waals surface area contributed by atoms with Crippen LogP contribution in [0, 0.1) is 10.1 Å². The van der Waals surface area contributed by atoms with Gasteiger partial charge in [-0.25, -0.2) is 8.42 Å². The molecule has 20 heavy (non-hydrogen) atoms. The molecule has 0 saturated heterocycles. The summed E-state index contributed by atoms with van der Waals surface area (Å²) in [6.07, 6.45) is 0. The lowest BCUT2D eigenvalue weighted by atomic mass is 10.3. The number of benzene rings is 1. The molecule has 0 saturated carbocycles. The van der Waals surface area contributed by atoms with Gasteiger partial charge >= 0.3 is 0 Å². The number of aromatic nitrogens is 2. The maximum absolute atomic E-state index is 12.2. The predicted octanol–water partition coefficient (Wildman–Crippen LogP) is 1.29. The van der Waals surface area contributed by atoms with Crippen molar-refractivity contribution in [1.29, 1.82) is 0 Å². The van der Waals surface area contributed by atoms with Crippen molar-refractivity contribution in [3.63, 3.8) is 0 Å². The molecule has 0 atom stereocenters. The van der Waals surface area contributed by atoms with Crippen molar-refractivity contribution in [3.05, 3.63) is 33.8 Å². The number of rotatable bonds is 5. The molecule has 1 heterocycles. The SMILES string of the molecule is CNc1ccc([N+](=O)[O-])cc1S(=O)(=O)Nc1nncs1. The van der Waals surface area contributed by atoms with Gasteiger partial charge in [0.2, 0.25) is 5.13 Å². The molecule has 1 aromatic carbocycles. The lowest BCUT2D eigenvalue weighted by Crippen LogP contribution is -2.15. The molecule has 2 rings (SSSR count). The zero-order valence-electron chi connectivity index (χ0n) is 10.1. The fourth-order valence-electron chi connectivity index (χ4n) is 1.44. The first-order valence-electron chi connectivity index (χ1n) is 5.19. The number of nitro groups is 1. The van der Waals surface area contributed by atoms with Gasteiger partial charge in [0.25, 0.3) is 15.7 Å². The lowest BCUT2D eigenvalue weighted by Gasteiger charge is -2.09. The highest BCUT2D eigenvalue weighted by Gasteiger charge is 2.23. The third kappa shape index (κ3) is 2.83. The topological polar surface area (TPSA) is 127 Å². The van der Waals surface area contributed by atoms with Gasteiger partial charge in [-0.3, -0.25) is 14.8 Å². The average molecular weight is 315 g/mol. The highest BCUT2D eigenvalue weighted by atomic mass is 32.2. The summed E-state index contributed by atoms with van der Waals surface area (Å²) in [6.45, 7) is 0. The molecule has 0 unspecified atom stereocenters. The van der Waals surface area contributed by atoms with E-state index in [0.717, 1.165) is 17.4 Å². The molecule has 0 spiro atoms. The van der Waals surface area contributed by atoms with Crippen LogP contribution in [0.1, 0.15) is 0 Å². The van der Waals surface area contributed by atoms with E-state index in [1.165, 1.54) is 24.7 Å². The molecular formula is C9H9N5O4S2. The Labute approximate surface area is 117 Å². The van der Waals surface area contributed by atoms with Crippen LogP contribution in [-0.2, 0) is 10.0 Å². The maximum Gasteiger partial charge on any atom is 0.270 e. The van der Waals surface area contributed by atoms with E-state index in [2.05, 4.69) is 20.2 Å². The standard InChI is InChI=1S/C9H9N5O4S2/c1-10-7-3-2-6(14(15)16)4-8(7)20(17,18)13-9-12-11-5-19-9/h2-5,10H,1H3,(H,12,13). The molecule has 0 aliphatic heterocycles. The molecule has 0 fully saturated rings. The van der Waals surface area contributed by atoms with Crippen molar-refractivity contribution in [2.75, 3.05) is 17.1 Å². The van der Waals surface area contributed by atoms with Gasteiger partial charge in [-0.15, -0.1) is 10.2 Å². The molecule has 9 nitrogen and oxygen atoms in total. The van der Waals surface area contributed by atoms with Crippen LogP contribution in [0.15, 0.2) is 28.6 Å². The summed E-state index contributed by atoms with van der Waals surface area (Å²) in [5.74, 6) is 0. The third-order valence-corrected chi connectivity index (χ3v) is 4.43. The van der Waals surface area contributed by atoms with Gasteiger partial charge in [0, 0.05) is 19.2 Å². The minimum Gasteiger partial charge on any atom is -0.387 e. The van der Waals surface area contributed by atoms with Crippen LogP contribution < -0.4 is 10.0 Å². The average Bonchev–Trinajstić information content (AvgIpc) is 2.90. The molecule has 0 bridgehead atoms. The predicted molar refractivity (Wildman–Crippen MR) is 73.4 cm³/mol. The molecule has 0 radical (unpaired) electrons. The van der Waals surface area contributed by atoms with E-state index in [1.807, 2.05) is 0 Å². The first kappa shape index (κ1) is 14.1. The number of anilines is 2. The van der Waals surface area contributed by atoms with E-state index in [9.17, 15) is 18.5 Å². The third-order valence-electron chi connectivity index (χ3n) is 2.32. The van der Waals surface area contributed by atoms with Crippen LogP contribution in [0.5, 0.6) is 0 Å². The normalized spacial score (nSPS) is 11.1. The Morgan fingerprint density at radius 1 is 1.40 bits per heavy atom. The molecule has 1 aromatic heterocycles. The number of hydrogen-bond acceptors (Lipinski definition) is 8. The van der Waals surface area contributed by atoms with Gasteiger partial charge in [0.05, 0.1) is 10.6 Å². The monoisotopic (exact) mass is 315 g/mol. The highest BCUT2D eigenvalue weighted by molar-refractivity contribution is 7.93. The highest BCUT2D eigenvalue weighted by Crippen LogP contribution is 2.28. The zero-order valence-corrected chi connectivity index (χ0v) is 11.7. The van der Waals surface area contributed by atoms with Crippen molar-refractivity contribution in [3.8, 4) is 0 Å². The van der Waals surface area contributed by atoms with Crippen molar-refractivity contribution >= 4 is 37.9 Å². The Balaban J connectivity index is 2.48. The van der Waals surface area contributed by atoms with Gasteiger partial charge < -0.3 is 5.32 Å². The van der Waals surface area contributed by atoms with Gasteiger partial charge in [0.15, 0.2) is 0 Å². The Kier molecular flexibility index (Phi) is 3.81. The molecular weight excluding hydrogens is 306 g/mol. The Hall–Kier alpha value is -2.27. The van der Waals surface area contributed by atoms with Gasteiger partial charge in [0.1, 0.15) is 10.4 Å². The number of nitrogens with one attached hydrogen (secondary N) is 2. The van der Waals surface area contributed by atoms with Gasteiger partial charge in [-0.2, -0.15) is 0 Å². The number of nitrogens with zero attached hydrogens (tertiary/aromatic N) is 3. The van der Waals surface area contributed by atoms with E-state index in [-0.39, 0.29) is 21.4 Å². The molecule has 2 aromatic rings. The summed E-state index contributed by atoms with van der Waals surface area (Å²) in [5, 5.41) is 20.6. The summed E-state index contributed by atoms with van der Waals surface area (Å²) in [4.78, 5) is 9.85. The Bertz CT molecular complexity index is 729. The van der Waals surface area contributed by atoms with Crippen molar-refractivity contribution in [2.45, 2.75) is 4.90 Å². The summed E-state index contributed by atoms with van der Waals surface area (Å²) in [5.41, 5.74) is 1.29. The second-order valence-corrected chi connectivity index (χ2v) is 6.02. The summed E-state index contributed by atoms with van der Waals surface area (Å²) < 4.78 is 26.6. The van der Waals surface area contributed by atoms with Crippen LogP contribution in [0.2, 0.25) is 0 Å². The van der Waals surface area contributed by atoms with E-state index in [1.54, 1.807) is 0 Å². The second-order valence-electron chi connectivity index (χ2n) is 3.54. The second kappa shape index (κ2) is 5.38. The largest absolute Gasteiger partial charge is 0.387 e. The molecule has 0 amide bonds. The van der Waals surface area contributed by atoms with Crippen LogP contribution in [0.25, 0.3) is 0 Å². The molecule has 106 valence electrons. The maximum atomic E-state index is 12.2. The minimum absolute atomic E-state index is 0.0820. The Morgan fingerprint density at radius 2 is 2.15 bits per heavy atom. The molecule has 0 aliphatic carbocycles.